The van der Waals surface area contributed by atoms with Crippen molar-refractivity contribution in [3.8, 4) is 5.69 Å². The smallest absolute Gasteiger partial charge is 0.287 e. The fourth-order valence-corrected chi connectivity index (χ4v) is 2.00. The van der Waals surface area contributed by atoms with Crippen LogP contribution in [0.4, 0.5) is 13.2 Å². The number of halogens is 3. The molecule has 0 atom stereocenters. The minimum absolute atomic E-state index is 0.0800. The van der Waals surface area contributed by atoms with Crippen LogP contribution in [-0.4, -0.2) is 34.9 Å². The third-order valence-electron chi connectivity index (χ3n) is 3.29. The Balaban J connectivity index is 2.60. The van der Waals surface area contributed by atoms with Crippen LogP contribution < -0.4 is 5.43 Å². The molecule has 2 aromatic rings. The molecule has 0 N–H and O–H groups in total. The highest BCUT2D eigenvalue weighted by Gasteiger charge is 2.30. The number of aryl methyl sites for hydroxylation is 1. The van der Waals surface area contributed by atoms with Crippen LogP contribution in [0, 0.1) is 6.92 Å². The van der Waals surface area contributed by atoms with E-state index in [4.69, 9.17) is 4.84 Å². The largest absolute Gasteiger partial charge is 0.416 e. The summed E-state index contributed by atoms with van der Waals surface area (Å²) in [4.78, 5) is 28.7. The Morgan fingerprint density at radius 2 is 1.96 bits per heavy atom. The number of carbonyl (C=O) groups excluding carboxylic acids is 1. The molecule has 9 heteroatoms. The van der Waals surface area contributed by atoms with Crippen molar-refractivity contribution in [2.75, 3.05) is 14.2 Å². The summed E-state index contributed by atoms with van der Waals surface area (Å²) in [5.74, 6) is -0.803. The standard InChI is InChI=1S/C15H14F3N3O3/c1-9-7-12(22)13(14(23)20(2)24-3)19-21(9)11-6-4-5-10(8-11)15(16,17)18/h4-8H,1-3H3. The van der Waals surface area contributed by atoms with Crippen LogP contribution in [0.15, 0.2) is 35.1 Å². The number of carbonyl (C=O) groups is 1. The van der Waals surface area contributed by atoms with Crippen LogP contribution in [0.3, 0.4) is 0 Å². The number of hydrogen-bond acceptors (Lipinski definition) is 4. The van der Waals surface area contributed by atoms with Crippen molar-refractivity contribution < 1.29 is 22.8 Å². The predicted molar refractivity (Wildman–Crippen MR) is 78.7 cm³/mol. The number of hydroxylamine groups is 2. The zero-order valence-corrected chi connectivity index (χ0v) is 13.1. The van der Waals surface area contributed by atoms with E-state index in [2.05, 4.69) is 5.10 Å². The summed E-state index contributed by atoms with van der Waals surface area (Å²) in [6, 6.07) is 5.56. The number of rotatable bonds is 3. The first kappa shape index (κ1) is 17.7. The second-order valence-corrected chi connectivity index (χ2v) is 4.94. The number of aromatic nitrogens is 2. The van der Waals surface area contributed by atoms with Crippen LogP contribution in [0.25, 0.3) is 5.69 Å². The molecule has 0 saturated heterocycles. The van der Waals surface area contributed by atoms with E-state index in [0.29, 0.717) is 0 Å². The third kappa shape index (κ3) is 3.46. The molecule has 1 heterocycles. The molecular weight excluding hydrogens is 327 g/mol. The van der Waals surface area contributed by atoms with Gasteiger partial charge in [-0.1, -0.05) is 6.07 Å². The lowest BCUT2D eigenvalue weighted by Gasteiger charge is -2.16. The van der Waals surface area contributed by atoms with Gasteiger partial charge in [-0.2, -0.15) is 18.3 Å². The van der Waals surface area contributed by atoms with Gasteiger partial charge in [-0.25, -0.2) is 9.75 Å². The van der Waals surface area contributed by atoms with Gasteiger partial charge >= 0.3 is 12.1 Å². The van der Waals surface area contributed by atoms with E-state index in [0.717, 1.165) is 27.9 Å². The number of nitrogens with zero attached hydrogens (tertiary/aromatic N) is 3. The fraction of sp³-hybridized carbons (Fsp3) is 0.267. The molecule has 24 heavy (non-hydrogen) atoms. The van der Waals surface area contributed by atoms with E-state index in [9.17, 15) is 22.8 Å². The van der Waals surface area contributed by atoms with Gasteiger partial charge in [0.25, 0.3) is 0 Å². The monoisotopic (exact) mass is 341 g/mol. The minimum Gasteiger partial charge on any atom is -0.287 e. The molecule has 0 saturated carbocycles. The average Bonchev–Trinajstić information content (AvgIpc) is 2.53. The molecular formula is C15H14F3N3O3. The Morgan fingerprint density at radius 1 is 1.29 bits per heavy atom. The Morgan fingerprint density at radius 3 is 2.54 bits per heavy atom. The van der Waals surface area contributed by atoms with Gasteiger partial charge in [-0.05, 0) is 25.1 Å². The van der Waals surface area contributed by atoms with Gasteiger partial charge < -0.3 is 0 Å². The van der Waals surface area contributed by atoms with E-state index in [-0.39, 0.29) is 11.4 Å². The van der Waals surface area contributed by atoms with Gasteiger partial charge in [-0.15, -0.1) is 0 Å². The second kappa shape index (κ2) is 6.44. The summed E-state index contributed by atoms with van der Waals surface area (Å²) in [6.45, 7) is 1.50. The lowest BCUT2D eigenvalue weighted by atomic mass is 10.2. The molecule has 0 aliphatic rings. The van der Waals surface area contributed by atoms with Gasteiger partial charge in [0.15, 0.2) is 5.69 Å². The van der Waals surface area contributed by atoms with Gasteiger partial charge in [0.2, 0.25) is 5.43 Å². The maximum Gasteiger partial charge on any atom is 0.416 e. The normalized spacial score (nSPS) is 11.4. The van der Waals surface area contributed by atoms with Crippen molar-refractivity contribution >= 4 is 5.91 Å². The Hall–Kier alpha value is -2.68. The first-order valence-electron chi connectivity index (χ1n) is 6.76. The van der Waals surface area contributed by atoms with Crippen molar-refractivity contribution in [3.63, 3.8) is 0 Å². The molecule has 0 bridgehead atoms. The molecule has 1 aromatic carbocycles. The Bertz CT molecular complexity index is 831. The highest BCUT2D eigenvalue weighted by molar-refractivity contribution is 5.91. The zero-order chi connectivity index (χ0) is 18.1. The van der Waals surface area contributed by atoms with Gasteiger partial charge in [-0.3, -0.25) is 14.4 Å². The number of amides is 1. The SMILES string of the molecule is CON(C)C(=O)c1nn(-c2cccc(C(F)(F)F)c2)c(C)cc1=O. The third-order valence-corrected chi connectivity index (χ3v) is 3.29. The Labute approximate surface area is 135 Å². The number of hydrogen-bond donors (Lipinski definition) is 0. The van der Waals surface area contributed by atoms with E-state index in [1.54, 1.807) is 0 Å². The van der Waals surface area contributed by atoms with Crippen molar-refractivity contribution in [2.45, 2.75) is 13.1 Å². The first-order chi connectivity index (χ1) is 11.1. The molecule has 1 amide bonds. The van der Waals surface area contributed by atoms with Crippen LogP contribution in [0.5, 0.6) is 0 Å². The van der Waals surface area contributed by atoms with Gasteiger partial charge in [0.1, 0.15) is 0 Å². The Kier molecular flexibility index (Phi) is 4.74. The van der Waals surface area contributed by atoms with Crippen molar-refractivity contribution in [3.05, 3.63) is 57.5 Å². The van der Waals surface area contributed by atoms with Crippen molar-refractivity contribution in [1.82, 2.24) is 14.8 Å². The fourth-order valence-electron chi connectivity index (χ4n) is 2.00. The minimum atomic E-state index is -4.52. The van der Waals surface area contributed by atoms with Crippen molar-refractivity contribution in [1.29, 1.82) is 0 Å². The molecule has 128 valence electrons. The summed E-state index contributed by atoms with van der Waals surface area (Å²) in [7, 11) is 2.52. The summed E-state index contributed by atoms with van der Waals surface area (Å²) in [5, 5.41) is 4.70. The van der Waals surface area contributed by atoms with Crippen LogP contribution in [-0.2, 0) is 11.0 Å². The van der Waals surface area contributed by atoms with Crippen LogP contribution in [0.1, 0.15) is 21.7 Å². The molecule has 0 spiro atoms. The summed E-state index contributed by atoms with van der Waals surface area (Å²) in [6.07, 6.45) is -4.52. The molecule has 6 nitrogen and oxygen atoms in total. The molecule has 0 aliphatic heterocycles. The maximum absolute atomic E-state index is 12.9. The molecule has 0 fully saturated rings. The van der Waals surface area contributed by atoms with Crippen LogP contribution in [0.2, 0.25) is 0 Å². The summed E-state index contributed by atoms with van der Waals surface area (Å²) in [5.41, 5.74) is -1.60. The molecule has 1 aromatic heterocycles. The van der Waals surface area contributed by atoms with E-state index in [1.807, 2.05) is 0 Å². The van der Waals surface area contributed by atoms with Gasteiger partial charge in [0, 0.05) is 18.8 Å². The molecule has 0 unspecified atom stereocenters. The maximum atomic E-state index is 12.9. The first-order valence-corrected chi connectivity index (χ1v) is 6.76. The van der Waals surface area contributed by atoms with E-state index >= 15 is 0 Å². The topological polar surface area (TPSA) is 64.4 Å². The van der Waals surface area contributed by atoms with Crippen LogP contribution >= 0.6 is 0 Å². The number of alkyl halides is 3. The lowest BCUT2D eigenvalue weighted by Crippen LogP contribution is -2.33. The van der Waals surface area contributed by atoms with Crippen molar-refractivity contribution in [2.24, 2.45) is 0 Å². The summed E-state index contributed by atoms with van der Waals surface area (Å²) >= 11 is 0. The highest BCUT2D eigenvalue weighted by Crippen LogP contribution is 2.30. The zero-order valence-electron chi connectivity index (χ0n) is 13.1. The molecule has 2 rings (SSSR count). The molecule has 0 radical (unpaired) electrons. The quantitative estimate of drug-likeness (QED) is 0.803. The lowest BCUT2D eigenvalue weighted by molar-refractivity contribution is -0.137. The van der Waals surface area contributed by atoms with E-state index in [1.165, 1.54) is 33.2 Å². The number of benzene rings is 1. The van der Waals surface area contributed by atoms with Gasteiger partial charge in [0.05, 0.1) is 18.4 Å². The predicted octanol–water partition coefficient (Wildman–Crippen LogP) is 2.19. The van der Waals surface area contributed by atoms with E-state index < -0.39 is 28.8 Å². The summed E-state index contributed by atoms with van der Waals surface area (Å²) < 4.78 is 39.7. The highest BCUT2D eigenvalue weighted by atomic mass is 19.4. The average molecular weight is 341 g/mol. The second-order valence-electron chi connectivity index (χ2n) is 4.94. The molecule has 0 aliphatic carbocycles.